The van der Waals surface area contributed by atoms with E-state index in [0.717, 1.165) is 0 Å². The van der Waals surface area contributed by atoms with Gasteiger partial charge in [0.1, 0.15) is 0 Å². The van der Waals surface area contributed by atoms with Crippen LogP contribution in [0.1, 0.15) is 43.9 Å². The molecule has 3 rings (SSSR count). The molecule has 2 aromatic carbocycles. The van der Waals surface area contributed by atoms with E-state index in [1.807, 2.05) is 0 Å². The van der Waals surface area contributed by atoms with Crippen molar-refractivity contribution < 1.29 is 19.2 Å². The lowest BCUT2D eigenvalue weighted by atomic mass is 10.1. The zero-order valence-electron chi connectivity index (χ0n) is 15.8. The highest BCUT2D eigenvalue weighted by molar-refractivity contribution is 6.21. The highest BCUT2D eigenvalue weighted by Gasteiger charge is 2.34. The summed E-state index contributed by atoms with van der Waals surface area (Å²) in [5, 5.41) is 2.74. The Morgan fingerprint density at radius 3 is 2.21 bits per heavy atom. The van der Waals surface area contributed by atoms with Gasteiger partial charge < -0.3 is 10.2 Å². The number of imide groups is 1. The molecule has 0 spiro atoms. The van der Waals surface area contributed by atoms with Gasteiger partial charge in [-0.1, -0.05) is 18.2 Å². The highest BCUT2D eigenvalue weighted by Crippen LogP contribution is 2.22. The first-order valence-electron chi connectivity index (χ1n) is 8.95. The van der Waals surface area contributed by atoms with E-state index in [0.29, 0.717) is 28.8 Å². The molecule has 1 aliphatic heterocycles. The molecule has 28 heavy (non-hydrogen) atoms. The summed E-state index contributed by atoms with van der Waals surface area (Å²) in [5.74, 6) is -1.04. The number of hydrogen-bond donors (Lipinski definition) is 1. The van der Waals surface area contributed by atoms with Gasteiger partial charge in [0.25, 0.3) is 17.7 Å². The molecule has 0 aliphatic carbocycles. The minimum absolute atomic E-state index is 0.151. The van der Waals surface area contributed by atoms with Crippen molar-refractivity contribution >= 4 is 29.3 Å². The molecule has 0 radical (unpaired) electrons. The second-order valence-corrected chi connectivity index (χ2v) is 6.74. The molecule has 4 amide bonds. The fraction of sp³-hybridized carbons (Fsp3) is 0.238. The van der Waals surface area contributed by atoms with Crippen LogP contribution < -0.4 is 5.32 Å². The number of carbonyl (C=O) groups is 4. The fourth-order valence-corrected chi connectivity index (χ4v) is 3.05. The number of carbonyl (C=O) groups excluding carboxylic acids is 4. The van der Waals surface area contributed by atoms with E-state index in [1.165, 1.54) is 9.80 Å². The number of benzene rings is 2. The maximum atomic E-state index is 12.3. The smallest absolute Gasteiger partial charge is 0.261 e. The quantitative estimate of drug-likeness (QED) is 0.781. The molecule has 1 aliphatic rings. The third kappa shape index (κ3) is 3.93. The largest absolute Gasteiger partial charge is 0.345 e. The SMILES string of the molecule is CN(C)C(=O)c1cccc(NC(=O)CCCN2C(=O)c3ccccc3C2=O)c1. The van der Waals surface area contributed by atoms with E-state index in [2.05, 4.69) is 5.32 Å². The Bertz CT molecular complexity index is 917. The van der Waals surface area contributed by atoms with Crippen LogP contribution in [0.4, 0.5) is 5.69 Å². The summed E-state index contributed by atoms with van der Waals surface area (Å²) in [4.78, 5) is 51.4. The van der Waals surface area contributed by atoms with Crippen LogP contribution in [0.25, 0.3) is 0 Å². The van der Waals surface area contributed by atoms with Crippen LogP contribution in [0.15, 0.2) is 48.5 Å². The predicted molar refractivity (Wildman–Crippen MR) is 104 cm³/mol. The van der Waals surface area contributed by atoms with Crippen molar-refractivity contribution in [2.75, 3.05) is 26.0 Å². The lowest BCUT2D eigenvalue weighted by Crippen LogP contribution is -2.31. The number of fused-ring (bicyclic) bond motifs is 1. The van der Waals surface area contributed by atoms with Crippen LogP contribution in [-0.4, -0.2) is 54.1 Å². The molecule has 0 saturated carbocycles. The molecule has 0 unspecified atom stereocenters. The summed E-state index contributed by atoms with van der Waals surface area (Å²) in [5.41, 5.74) is 1.81. The summed E-state index contributed by atoms with van der Waals surface area (Å²) >= 11 is 0. The number of hydrogen-bond acceptors (Lipinski definition) is 4. The van der Waals surface area contributed by atoms with E-state index >= 15 is 0 Å². The summed E-state index contributed by atoms with van der Waals surface area (Å²) in [7, 11) is 3.32. The normalized spacial score (nSPS) is 12.7. The third-order valence-electron chi connectivity index (χ3n) is 4.46. The number of anilines is 1. The standard InChI is InChI=1S/C21H21N3O4/c1-23(2)19(26)14-7-5-8-15(13-14)22-18(25)11-6-12-24-20(27)16-9-3-4-10-17(16)21(24)28/h3-5,7-10,13H,6,11-12H2,1-2H3,(H,22,25). The van der Waals surface area contributed by atoms with Gasteiger partial charge in [-0.25, -0.2) is 0 Å². The van der Waals surface area contributed by atoms with Crippen molar-refractivity contribution in [1.82, 2.24) is 9.80 Å². The van der Waals surface area contributed by atoms with Gasteiger partial charge in [0.15, 0.2) is 0 Å². The van der Waals surface area contributed by atoms with Crippen molar-refractivity contribution in [3.05, 3.63) is 65.2 Å². The molecule has 7 nitrogen and oxygen atoms in total. The predicted octanol–water partition coefficient (Wildman–Crippen LogP) is 2.40. The fourth-order valence-electron chi connectivity index (χ4n) is 3.05. The lowest BCUT2D eigenvalue weighted by Gasteiger charge is -2.14. The van der Waals surface area contributed by atoms with Crippen LogP contribution in [0.2, 0.25) is 0 Å². The Balaban J connectivity index is 1.53. The van der Waals surface area contributed by atoms with Crippen molar-refractivity contribution in [1.29, 1.82) is 0 Å². The Morgan fingerprint density at radius 2 is 1.61 bits per heavy atom. The Morgan fingerprint density at radius 1 is 0.964 bits per heavy atom. The van der Waals surface area contributed by atoms with Crippen molar-refractivity contribution in [3.8, 4) is 0 Å². The van der Waals surface area contributed by atoms with Gasteiger partial charge in [0, 0.05) is 38.3 Å². The first-order chi connectivity index (χ1) is 13.4. The van der Waals surface area contributed by atoms with E-state index in [1.54, 1.807) is 62.6 Å². The Hall–Kier alpha value is -3.48. The molecule has 1 N–H and O–H groups in total. The summed E-state index contributed by atoms with van der Waals surface area (Å²) in [6, 6.07) is 13.4. The van der Waals surface area contributed by atoms with Gasteiger partial charge >= 0.3 is 0 Å². The summed E-state index contributed by atoms with van der Waals surface area (Å²) in [6.07, 6.45) is 0.507. The maximum Gasteiger partial charge on any atom is 0.261 e. The molecule has 0 saturated heterocycles. The average Bonchev–Trinajstić information content (AvgIpc) is 2.92. The second-order valence-electron chi connectivity index (χ2n) is 6.74. The van der Waals surface area contributed by atoms with Crippen LogP contribution >= 0.6 is 0 Å². The number of nitrogens with one attached hydrogen (secondary N) is 1. The first kappa shape index (κ1) is 19.3. The van der Waals surface area contributed by atoms with Crippen molar-refractivity contribution in [2.24, 2.45) is 0 Å². The van der Waals surface area contributed by atoms with Gasteiger partial charge in [0.05, 0.1) is 11.1 Å². The van der Waals surface area contributed by atoms with Gasteiger partial charge in [-0.05, 0) is 36.8 Å². The van der Waals surface area contributed by atoms with Crippen LogP contribution in [0.3, 0.4) is 0 Å². The molecule has 0 fully saturated rings. The Kier molecular flexibility index (Phi) is 5.54. The van der Waals surface area contributed by atoms with Gasteiger partial charge in [-0.15, -0.1) is 0 Å². The maximum absolute atomic E-state index is 12.3. The highest BCUT2D eigenvalue weighted by atomic mass is 16.2. The number of amides is 4. The molecule has 0 bridgehead atoms. The Labute approximate surface area is 162 Å². The van der Waals surface area contributed by atoms with Crippen LogP contribution in [0.5, 0.6) is 0 Å². The molecule has 1 heterocycles. The van der Waals surface area contributed by atoms with Crippen molar-refractivity contribution in [2.45, 2.75) is 12.8 Å². The number of rotatable bonds is 6. The van der Waals surface area contributed by atoms with Gasteiger partial charge in [0.2, 0.25) is 5.91 Å². The van der Waals surface area contributed by atoms with E-state index < -0.39 is 0 Å². The molecule has 2 aromatic rings. The second kappa shape index (κ2) is 8.04. The third-order valence-corrected chi connectivity index (χ3v) is 4.46. The molecule has 0 atom stereocenters. The molecule has 7 heteroatoms. The van der Waals surface area contributed by atoms with Gasteiger partial charge in [-0.3, -0.25) is 24.1 Å². The molecular formula is C21H21N3O4. The first-order valence-corrected chi connectivity index (χ1v) is 8.95. The zero-order valence-corrected chi connectivity index (χ0v) is 15.8. The molecule has 144 valence electrons. The summed E-state index contributed by atoms with van der Waals surface area (Å²) in [6.45, 7) is 0.179. The summed E-state index contributed by atoms with van der Waals surface area (Å²) < 4.78 is 0. The topological polar surface area (TPSA) is 86.8 Å². The van der Waals surface area contributed by atoms with Gasteiger partial charge in [-0.2, -0.15) is 0 Å². The minimum Gasteiger partial charge on any atom is -0.345 e. The molecule has 0 aromatic heterocycles. The van der Waals surface area contributed by atoms with E-state index in [-0.39, 0.29) is 36.6 Å². The zero-order chi connectivity index (χ0) is 20.3. The average molecular weight is 379 g/mol. The molecular weight excluding hydrogens is 358 g/mol. The van der Waals surface area contributed by atoms with Crippen molar-refractivity contribution in [3.63, 3.8) is 0 Å². The van der Waals surface area contributed by atoms with E-state index in [9.17, 15) is 19.2 Å². The van der Waals surface area contributed by atoms with E-state index in [4.69, 9.17) is 0 Å². The monoisotopic (exact) mass is 379 g/mol. The van der Waals surface area contributed by atoms with Crippen LogP contribution in [-0.2, 0) is 4.79 Å². The number of nitrogens with zero attached hydrogens (tertiary/aromatic N) is 2. The van der Waals surface area contributed by atoms with Crippen LogP contribution in [0, 0.1) is 0 Å². The minimum atomic E-state index is -0.323. The lowest BCUT2D eigenvalue weighted by molar-refractivity contribution is -0.116.